The van der Waals surface area contributed by atoms with Crippen LogP contribution < -0.4 is 51.9 Å². The van der Waals surface area contributed by atoms with Gasteiger partial charge in [-0.1, -0.05) is 327 Å². The second kappa shape index (κ2) is 42.6. The van der Waals surface area contributed by atoms with E-state index in [2.05, 4.69) is 367 Å². The molecule has 0 spiro atoms. The molecule has 17 heteroatoms. The minimum Gasteiger partial charge on any atom is -0.305 e. The van der Waals surface area contributed by atoms with Gasteiger partial charge in [-0.05, 0) is 126 Å². The molecule has 0 amide bonds. The van der Waals surface area contributed by atoms with Crippen molar-refractivity contribution in [1.82, 2.24) is 29.9 Å². The van der Waals surface area contributed by atoms with Crippen LogP contribution in [0.25, 0.3) is 101 Å². The second-order valence-electron chi connectivity index (χ2n) is 35.8. The van der Waals surface area contributed by atoms with E-state index in [4.69, 9.17) is 9.97 Å². The van der Waals surface area contributed by atoms with Crippen molar-refractivity contribution >= 4 is 102 Å². The molecule has 18 aromatic rings. The standard InChI is InChI=1S/C32H28NSi2.C27H26NSi2.C20H18NO2SSi.3C12H10N.3Ir/c1-34(2,3)27-19-21-30(33-23-27)24-18-20-29-28-16-10-11-17-31(28)35(32(29)22-24,25-12-6-4-7-13-25)26-14-8-5-9-15-26;1-29(2,20-11-6-5-7-12-20)21-17-18-25(28-19-21)24-15-10-14-23-22-13-8-9-16-26(22)30(3,4)27(23)24;1-25(2,3)15-9-11-18(21-13-15)14-8-10-17-16-6-4-5-7-19(16)24(22,23)20(17)12-14;3*1-10-6-5-9-13-12(10)11-7-3-2-4-8-11;;;/h4-17,19-23H,1-3H3;5-14,16-19H,1-4H3;4-7,9-13H,1-3H3;3*2-7,9H,1H3;;;/q6*-1;;;. The second-order valence-corrected chi connectivity index (χ2v) is 60.2. The van der Waals surface area contributed by atoms with Crippen molar-refractivity contribution < 1.29 is 68.7 Å². The van der Waals surface area contributed by atoms with Crippen molar-refractivity contribution in [3.8, 4) is 101 Å². The SMILES string of the molecule is C[Si](C)(C)c1ccc(-c2[c-]cc3c(c2)S(=O)(=O)c2ccccc2-3)nc1.C[Si](C)(C)c1ccc(-c2[c-]cc3c(c2)[Si](c2ccccc2)(c2ccccc2)c2ccccc2-3)nc1.C[Si](C)(c1ccccc1)c1ccc(-c2[c-]ccc3c2[Si](C)(C)c2ccccc2-3)nc1.Cc1cccnc1-c1[c-]cccc1.Cc1cccnc1-c1[c-]cccc1.Cc1cccnc1-c1[c-]cccc1.[Ir].[Ir].[Ir]. The summed E-state index contributed by atoms with van der Waals surface area (Å²) in [7, 11) is -12.3. The number of hydrogen-bond donors (Lipinski definition) is 0. The maximum atomic E-state index is 12.8. The molecule has 3 aliphatic rings. The predicted octanol–water partition coefficient (Wildman–Crippen LogP) is 21.1. The molecule has 3 aliphatic heterocycles. The molecule has 0 saturated heterocycles. The first-order valence-electron chi connectivity index (χ1n) is 43.8. The number of benzene rings is 12. The molecule has 0 bridgehead atoms. The van der Waals surface area contributed by atoms with Gasteiger partial charge in [-0.25, -0.2) is 8.42 Å². The zero-order valence-corrected chi connectivity index (χ0v) is 89.3. The summed E-state index contributed by atoms with van der Waals surface area (Å²) in [5.41, 5.74) is 22.4. The molecule has 0 fully saturated rings. The molecule has 12 aromatic carbocycles. The Bertz CT molecular complexity index is 6870. The van der Waals surface area contributed by atoms with E-state index in [1.54, 1.807) is 24.3 Å². The van der Waals surface area contributed by atoms with E-state index < -0.39 is 50.2 Å². The van der Waals surface area contributed by atoms with Crippen LogP contribution in [-0.2, 0) is 70.2 Å². The summed E-state index contributed by atoms with van der Waals surface area (Å²) in [6.07, 6.45) is 11.5. The molecule has 0 unspecified atom stereocenters. The Morgan fingerprint density at radius 3 is 1.14 bits per heavy atom. The zero-order chi connectivity index (χ0) is 90.1. The summed E-state index contributed by atoms with van der Waals surface area (Å²) < 4.78 is 25.6. The van der Waals surface area contributed by atoms with Crippen LogP contribution >= 0.6 is 0 Å². The van der Waals surface area contributed by atoms with Gasteiger partial charge in [-0.2, -0.15) is 0 Å². The maximum Gasteiger partial charge on any atom is 0.189 e. The Kier molecular flexibility index (Phi) is 31.6. The van der Waals surface area contributed by atoms with E-state index in [-0.39, 0.29) is 60.3 Å². The maximum absolute atomic E-state index is 12.8. The van der Waals surface area contributed by atoms with E-state index in [1.165, 1.54) is 96.4 Å². The number of aromatic nitrogens is 6. The Hall–Kier alpha value is -11.5. The third kappa shape index (κ3) is 20.8. The number of rotatable bonds is 12. The first kappa shape index (κ1) is 98.0. The number of aryl methyl sites for hydroxylation is 3. The Morgan fingerprint density at radius 1 is 0.295 bits per heavy atom. The van der Waals surface area contributed by atoms with Gasteiger partial charge in [0.1, 0.15) is 8.07 Å². The molecule has 663 valence electrons. The van der Waals surface area contributed by atoms with Crippen molar-refractivity contribution in [1.29, 1.82) is 0 Å². The fraction of sp³-hybridized carbons (Fsp3) is 0.113. The number of pyridine rings is 6. The first-order valence-corrected chi connectivity index (χ1v) is 60.2. The Balaban J connectivity index is 0.000000140. The van der Waals surface area contributed by atoms with E-state index in [9.17, 15) is 8.42 Å². The molecule has 6 aromatic heterocycles. The summed E-state index contributed by atoms with van der Waals surface area (Å²) in [4.78, 5) is 28.1. The molecule has 0 aliphatic carbocycles. The topological polar surface area (TPSA) is 111 Å². The van der Waals surface area contributed by atoms with Gasteiger partial charge in [-0.15, -0.1) is 189 Å². The smallest absolute Gasteiger partial charge is 0.189 e. The molecular weight excluding hydrogens is 2250 g/mol. The monoisotopic (exact) mass is 2350 g/mol. The predicted molar refractivity (Wildman–Crippen MR) is 550 cm³/mol. The third-order valence-corrected chi connectivity index (χ3v) is 42.4. The normalized spacial score (nSPS) is 12.6. The quantitative estimate of drug-likeness (QED) is 0.0878. The van der Waals surface area contributed by atoms with Crippen molar-refractivity contribution in [2.45, 2.75) is 96.0 Å². The van der Waals surface area contributed by atoms with Crippen LogP contribution in [0.5, 0.6) is 0 Å². The summed E-state index contributed by atoms with van der Waals surface area (Å²) in [5, 5.41) is 14.2. The fourth-order valence-corrected chi connectivity index (χ4v) is 32.0. The third-order valence-electron chi connectivity index (χ3n) is 24.5. The molecular formula is C115H102Ir3N6O2SSi5-6. The van der Waals surface area contributed by atoms with E-state index >= 15 is 0 Å². The van der Waals surface area contributed by atoms with Gasteiger partial charge in [0.25, 0.3) is 0 Å². The largest absolute Gasteiger partial charge is 0.305 e. The van der Waals surface area contributed by atoms with Crippen molar-refractivity contribution in [2.24, 2.45) is 0 Å². The van der Waals surface area contributed by atoms with Crippen LogP contribution in [0.15, 0.2) is 393 Å². The molecule has 0 atom stereocenters. The Morgan fingerprint density at radius 2 is 0.697 bits per heavy atom. The van der Waals surface area contributed by atoms with Gasteiger partial charge in [0, 0.05) is 97.5 Å². The minimum atomic E-state index is -3.47. The molecule has 3 radical (unpaired) electrons. The minimum absolute atomic E-state index is 0. The zero-order valence-electron chi connectivity index (χ0n) is 76.3. The van der Waals surface area contributed by atoms with Crippen LogP contribution in [0.1, 0.15) is 16.7 Å². The molecule has 0 saturated carbocycles. The molecule has 8 nitrogen and oxygen atoms in total. The van der Waals surface area contributed by atoms with Crippen molar-refractivity contribution in [3.63, 3.8) is 0 Å². The Labute approximate surface area is 825 Å². The molecule has 21 rings (SSSR count). The molecule has 9 heterocycles. The summed E-state index contributed by atoms with van der Waals surface area (Å²) in [5.74, 6) is 0. The van der Waals surface area contributed by atoms with E-state index in [0.29, 0.717) is 15.4 Å². The van der Waals surface area contributed by atoms with E-state index in [1.807, 2.05) is 134 Å². The van der Waals surface area contributed by atoms with Gasteiger partial charge in [0.05, 0.1) is 29.1 Å². The average Bonchev–Trinajstić information content (AvgIpc) is 1.54. The van der Waals surface area contributed by atoms with E-state index in [0.717, 1.165) is 67.5 Å². The van der Waals surface area contributed by atoms with Crippen molar-refractivity contribution in [2.75, 3.05) is 0 Å². The van der Waals surface area contributed by atoms with Crippen LogP contribution in [0.4, 0.5) is 0 Å². The number of nitrogens with zero attached hydrogens (tertiary/aromatic N) is 6. The molecule has 132 heavy (non-hydrogen) atoms. The van der Waals surface area contributed by atoms with Gasteiger partial charge < -0.3 is 29.9 Å². The van der Waals surface area contributed by atoms with Crippen molar-refractivity contribution in [3.05, 3.63) is 436 Å². The molecule has 0 N–H and O–H groups in total. The number of sulfone groups is 1. The average molecular weight is 2350 g/mol. The van der Waals surface area contributed by atoms with Crippen LogP contribution in [0.3, 0.4) is 0 Å². The summed E-state index contributed by atoms with van der Waals surface area (Å²) in [6.45, 7) is 29.8. The van der Waals surface area contributed by atoms with Crippen LogP contribution in [0, 0.1) is 57.2 Å². The fourth-order valence-electron chi connectivity index (χ4n) is 17.4. The number of fused-ring (bicyclic) bond motifs is 9. The van der Waals surface area contributed by atoms with Gasteiger partial charge in [0.2, 0.25) is 0 Å². The number of hydrogen-bond acceptors (Lipinski definition) is 8. The van der Waals surface area contributed by atoms with Gasteiger partial charge >= 0.3 is 0 Å². The first-order chi connectivity index (χ1) is 62.3. The van der Waals surface area contributed by atoms with Crippen LogP contribution in [0.2, 0.25) is 65.5 Å². The summed E-state index contributed by atoms with van der Waals surface area (Å²) in [6, 6.07) is 139. The summed E-state index contributed by atoms with van der Waals surface area (Å²) >= 11 is 0. The van der Waals surface area contributed by atoms with Gasteiger partial charge in [0.15, 0.2) is 17.9 Å². The van der Waals surface area contributed by atoms with Gasteiger partial charge in [-0.3, -0.25) is 0 Å². The van der Waals surface area contributed by atoms with Crippen LogP contribution in [-0.4, -0.2) is 78.7 Å².